The van der Waals surface area contributed by atoms with Crippen LogP contribution in [0, 0.1) is 46.3 Å². The van der Waals surface area contributed by atoms with E-state index in [1.165, 1.54) is 51.4 Å². The molecule has 0 amide bonds. The highest BCUT2D eigenvalue weighted by molar-refractivity contribution is 5.66. The van der Waals surface area contributed by atoms with Crippen LogP contribution in [0.25, 0.3) is 0 Å². The van der Waals surface area contributed by atoms with Crippen LogP contribution >= 0.6 is 0 Å². The molecule has 0 unspecified atom stereocenters. The number of esters is 1. The topological polar surface area (TPSA) is 26.3 Å². The number of fused-ring (bicyclic) bond motifs is 5. The molecular weight excluding hydrogens is 404 g/mol. The van der Waals surface area contributed by atoms with Gasteiger partial charge in [0.2, 0.25) is 0 Å². The quantitative estimate of drug-likeness (QED) is 0.297. The number of allylic oxidation sites excluding steroid dienone is 3. The van der Waals surface area contributed by atoms with Crippen molar-refractivity contribution in [2.45, 2.75) is 119 Å². The fourth-order valence-electron chi connectivity index (χ4n) is 9.30. The Morgan fingerprint density at radius 1 is 1.12 bits per heavy atom. The third kappa shape index (κ3) is 4.50. The fraction of sp³-hybridized carbons (Fsp3) is 0.839. The van der Waals surface area contributed by atoms with Gasteiger partial charge in [-0.05, 0) is 111 Å². The first-order valence-corrected chi connectivity index (χ1v) is 14.1. The number of ether oxygens (including phenoxy) is 1. The summed E-state index contributed by atoms with van der Waals surface area (Å²) in [6.45, 7) is 16.3. The average Bonchev–Trinajstić information content (AvgIpc) is 3.11. The average molecular weight is 455 g/mol. The predicted molar refractivity (Wildman–Crippen MR) is 138 cm³/mol. The second kappa shape index (κ2) is 9.54. The van der Waals surface area contributed by atoms with Crippen molar-refractivity contribution in [3.63, 3.8) is 0 Å². The van der Waals surface area contributed by atoms with E-state index >= 15 is 0 Å². The SMILES string of the molecule is CC=C(CC[C@@H](C)[C@@H]1CC[C@H]2[C@@H]3CC=C4C[C@H](OC(C)=O)CC[C@]4(C)[C@@H]3CC[C@]21C)C(C)C. The van der Waals surface area contributed by atoms with E-state index in [1.54, 1.807) is 18.1 Å². The van der Waals surface area contributed by atoms with Gasteiger partial charge in [-0.2, -0.15) is 0 Å². The smallest absolute Gasteiger partial charge is 0.302 e. The van der Waals surface area contributed by atoms with Crippen LogP contribution in [-0.2, 0) is 9.53 Å². The van der Waals surface area contributed by atoms with Crippen LogP contribution in [0.2, 0.25) is 0 Å². The summed E-state index contributed by atoms with van der Waals surface area (Å²) in [5.74, 6) is 4.88. The molecule has 186 valence electrons. The number of hydrogen-bond acceptors (Lipinski definition) is 2. The molecule has 0 heterocycles. The minimum atomic E-state index is -0.118. The minimum absolute atomic E-state index is 0.108. The van der Waals surface area contributed by atoms with Gasteiger partial charge in [0.15, 0.2) is 0 Å². The molecule has 0 aromatic heterocycles. The normalized spacial score (nSPS) is 41.6. The highest BCUT2D eigenvalue weighted by atomic mass is 16.5. The molecule has 3 fully saturated rings. The molecule has 0 bridgehead atoms. The fourth-order valence-corrected chi connectivity index (χ4v) is 9.30. The number of carbonyl (C=O) groups excluding carboxylic acids is 1. The van der Waals surface area contributed by atoms with Crippen molar-refractivity contribution in [1.82, 2.24) is 0 Å². The first-order valence-electron chi connectivity index (χ1n) is 14.1. The van der Waals surface area contributed by atoms with Crippen LogP contribution in [-0.4, -0.2) is 12.1 Å². The van der Waals surface area contributed by atoms with Crippen LogP contribution in [0.4, 0.5) is 0 Å². The van der Waals surface area contributed by atoms with E-state index in [-0.39, 0.29) is 12.1 Å². The van der Waals surface area contributed by atoms with Crippen molar-refractivity contribution in [1.29, 1.82) is 0 Å². The highest BCUT2D eigenvalue weighted by Crippen LogP contribution is 2.67. The van der Waals surface area contributed by atoms with E-state index in [9.17, 15) is 4.79 Å². The lowest BCUT2D eigenvalue weighted by Crippen LogP contribution is -2.51. The van der Waals surface area contributed by atoms with E-state index in [1.807, 2.05) is 0 Å². The monoisotopic (exact) mass is 454 g/mol. The summed E-state index contributed by atoms with van der Waals surface area (Å²) in [5, 5.41) is 0. The van der Waals surface area contributed by atoms with Crippen LogP contribution in [0.1, 0.15) is 113 Å². The lowest BCUT2D eigenvalue weighted by molar-refractivity contribution is -0.148. The molecule has 0 spiro atoms. The molecule has 0 N–H and O–H groups in total. The second-order valence-corrected chi connectivity index (χ2v) is 13.0. The predicted octanol–water partition coefficient (Wildman–Crippen LogP) is 8.52. The van der Waals surface area contributed by atoms with Crippen LogP contribution in [0.5, 0.6) is 0 Å². The maximum Gasteiger partial charge on any atom is 0.302 e. The van der Waals surface area contributed by atoms with Crippen molar-refractivity contribution >= 4 is 5.97 Å². The van der Waals surface area contributed by atoms with Gasteiger partial charge in [0.1, 0.15) is 6.10 Å². The Balaban J connectivity index is 1.47. The van der Waals surface area contributed by atoms with Gasteiger partial charge in [0, 0.05) is 13.3 Å². The van der Waals surface area contributed by atoms with Gasteiger partial charge in [-0.1, -0.05) is 57.9 Å². The summed E-state index contributed by atoms with van der Waals surface area (Å²) in [6.07, 6.45) is 17.9. The summed E-state index contributed by atoms with van der Waals surface area (Å²) < 4.78 is 5.63. The molecule has 0 aromatic rings. The Hall–Kier alpha value is -1.05. The van der Waals surface area contributed by atoms with Gasteiger partial charge < -0.3 is 4.74 Å². The molecule has 0 saturated heterocycles. The lowest BCUT2D eigenvalue weighted by atomic mass is 9.47. The molecule has 0 radical (unpaired) electrons. The van der Waals surface area contributed by atoms with E-state index in [4.69, 9.17) is 4.74 Å². The molecule has 3 saturated carbocycles. The van der Waals surface area contributed by atoms with E-state index in [2.05, 4.69) is 53.7 Å². The van der Waals surface area contributed by atoms with Gasteiger partial charge in [-0.3, -0.25) is 4.79 Å². The summed E-state index contributed by atoms with van der Waals surface area (Å²) in [7, 11) is 0. The second-order valence-electron chi connectivity index (χ2n) is 13.0. The van der Waals surface area contributed by atoms with Crippen LogP contribution in [0.15, 0.2) is 23.3 Å². The molecule has 0 aliphatic heterocycles. The molecule has 4 aliphatic rings. The Bertz CT molecular complexity index is 791. The van der Waals surface area contributed by atoms with E-state index < -0.39 is 0 Å². The molecule has 8 atom stereocenters. The van der Waals surface area contributed by atoms with Crippen molar-refractivity contribution in [3.8, 4) is 0 Å². The maximum atomic E-state index is 11.5. The highest BCUT2D eigenvalue weighted by Gasteiger charge is 2.59. The molecular formula is C31H50O2. The molecule has 33 heavy (non-hydrogen) atoms. The Kier molecular flexibility index (Phi) is 7.24. The Labute approximate surface area is 204 Å². The summed E-state index contributed by atoms with van der Waals surface area (Å²) >= 11 is 0. The number of carbonyl (C=O) groups is 1. The molecule has 4 aliphatic carbocycles. The van der Waals surface area contributed by atoms with Crippen molar-refractivity contribution in [3.05, 3.63) is 23.3 Å². The summed E-state index contributed by atoms with van der Waals surface area (Å²) in [5.41, 5.74) is 4.13. The number of rotatable bonds is 6. The zero-order valence-electron chi connectivity index (χ0n) is 22.6. The maximum absolute atomic E-state index is 11.5. The standard InChI is InChI=1S/C31H50O2/c1-8-23(20(2)3)10-9-21(4)27-13-14-28-26-12-11-24-19-25(33-22(5)32)15-17-30(24,6)29(26)16-18-31(27,28)7/h8,11,20-21,25-29H,9-10,12-19H2,1-7H3/t21-,25-,26+,27+,28+,29-,30+,31+/m1/s1. The molecule has 0 aromatic carbocycles. The van der Waals surface area contributed by atoms with Gasteiger partial charge in [0.25, 0.3) is 0 Å². The third-order valence-corrected chi connectivity index (χ3v) is 11.2. The van der Waals surface area contributed by atoms with Crippen molar-refractivity contribution in [2.75, 3.05) is 0 Å². The zero-order chi connectivity index (χ0) is 24.0. The lowest BCUT2D eigenvalue weighted by Gasteiger charge is -2.58. The van der Waals surface area contributed by atoms with Gasteiger partial charge >= 0.3 is 5.97 Å². The molecule has 4 rings (SSSR count). The minimum Gasteiger partial charge on any atom is -0.462 e. The molecule has 2 nitrogen and oxygen atoms in total. The van der Waals surface area contributed by atoms with Crippen LogP contribution < -0.4 is 0 Å². The Morgan fingerprint density at radius 3 is 2.55 bits per heavy atom. The number of hydrogen-bond donors (Lipinski definition) is 0. The zero-order valence-corrected chi connectivity index (χ0v) is 22.6. The Morgan fingerprint density at radius 2 is 1.88 bits per heavy atom. The van der Waals surface area contributed by atoms with Gasteiger partial charge in [0.05, 0.1) is 0 Å². The van der Waals surface area contributed by atoms with Crippen molar-refractivity contribution in [2.24, 2.45) is 46.3 Å². The van der Waals surface area contributed by atoms with E-state index in [0.717, 1.165) is 42.4 Å². The largest absolute Gasteiger partial charge is 0.462 e. The third-order valence-electron chi connectivity index (χ3n) is 11.2. The van der Waals surface area contributed by atoms with Crippen molar-refractivity contribution < 1.29 is 9.53 Å². The summed E-state index contributed by atoms with van der Waals surface area (Å²) in [6, 6.07) is 0. The van der Waals surface area contributed by atoms with Crippen LogP contribution in [0.3, 0.4) is 0 Å². The first-order chi connectivity index (χ1) is 15.6. The summed E-state index contributed by atoms with van der Waals surface area (Å²) in [4.78, 5) is 11.5. The first kappa shape index (κ1) is 25.1. The van der Waals surface area contributed by atoms with Gasteiger partial charge in [-0.25, -0.2) is 0 Å². The van der Waals surface area contributed by atoms with E-state index in [0.29, 0.717) is 16.7 Å². The molecule has 2 heteroatoms. The van der Waals surface area contributed by atoms with Gasteiger partial charge in [-0.15, -0.1) is 0 Å².